The van der Waals surface area contributed by atoms with E-state index in [9.17, 15) is 9.59 Å². The number of thiazole rings is 1. The molecule has 0 bridgehead atoms. The van der Waals surface area contributed by atoms with Crippen molar-refractivity contribution in [2.75, 3.05) is 12.9 Å². The summed E-state index contributed by atoms with van der Waals surface area (Å²) in [6, 6.07) is 21.5. The highest BCUT2D eigenvalue weighted by atomic mass is 32.2. The highest BCUT2D eigenvalue weighted by Gasteiger charge is 2.33. The first-order chi connectivity index (χ1) is 21.7. The number of aromatic nitrogens is 3. The van der Waals surface area contributed by atoms with Crippen LogP contribution in [0.3, 0.4) is 0 Å². The highest BCUT2D eigenvalue weighted by Crippen LogP contribution is 2.33. The summed E-state index contributed by atoms with van der Waals surface area (Å²) in [5, 5.41) is 5.04. The average Bonchev–Trinajstić information content (AvgIpc) is 3.56. The summed E-state index contributed by atoms with van der Waals surface area (Å²) >= 11 is 2.95. The molecule has 0 amide bonds. The number of benzene rings is 3. The molecule has 0 radical (unpaired) electrons. The molecule has 2 aromatic heterocycles. The Morgan fingerprint density at radius 1 is 1.02 bits per heavy atom. The Kier molecular flexibility index (Phi) is 8.48. The maximum atomic E-state index is 14.3. The molecule has 0 spiro atoms. The summed E-state index contributed by atoms with van der Waals surface area (Å²) in [7, 11) is 0. The quantitative estimate of drug-likeness (QED) is 0.155. The van der Waals surface area contributed by atoms with Crippen LogP contribution in [0.1, 0.15) is 47.7 Å². The van der Waals surface area contributed by atoms with Crippen molar-refractivity contribution < 1.29 is 9.53 Å². The Balaban J connectivity index is 1.58. The number of hydrogen-bond donors (Lipinski definition) is 0. The first kappa shape index (κ1) is 30.6. The van der Waals surface area contributed by atoms with Gasteiger partial charge in [-0.1, -0.05) is 59.4 Å². The number of esters is 1. The molecule has 45 heavy (non-hydrogen) atoms. The highest BCUT2D eigenvalue weighted by molar-refractivity contribution is 7.98. The van der Waals surface area contributed by atoms with Crippen molar-refractivity contribution in [2.45, 2.75) is 45.6 Å². The Morgan fingerprint density at radius 3 is 2.36 bits per heavy atom. The summed E-state index contributed by atoms with van der Waals surface area (Å²) in [5.41, 5.74) is 8.52. The molecule has 7 nitrogen and oxygen atoms in total. The van der Waals surface area contributed by atoms with Gasteiger partial charge in [-0.2, -0.15) is 5.10 Å². The molecule has 0 aliphatic carbocycles. The van der Waals surface area contributed by atoms with Gasteiger partial charge in [-0.3, -0.25) is 9.36 Å². The maximum absolute atomic E-state index is 14.3. The van der Waals surface area contributed by atoms with Crippen molar-refractivity contribution in [2.24, 2.45) is 4.99 Å². The van der Waals surface area contributed by atoms with Gasteiger partial charge >= 0.3 is 5.97 Å². The summed E-state index contributed by atoms with van der Waals surface area (Å²) in [6.07, 6.45) is 5.89. The standard InChI is InChI=1S/C36H34N4O3S2/c1-7-43-35(42)31-24(5)37-36-40(33(31)25-13-15-28(44-6)16-14-25)34(41)29(45-36)19-26-20-39(27-11-9-8-10-12-27)38-32(26)30-22(3)17-21(2)18-23(30)4/h8-20,33H,7H2,1-6H3. The summed E-state index contributed by atoms with van der Waals surface area (Å²) in [5.74, 6) is -0.469. The molecule has 1 aliphatic rings. The van der Waals surface area contributed by atoms with E-state index >= 15 is 0 Å². The lowest BCUT2D eigenvalue weighted by atomic mass is 9.95. The van der Waals surface area contributed by atoms with Crippen LogP contribution >= 0.6 is 23.1 Å². The summed E-state index contributed by atoms with van der Waals surface area (Å²) in [4.78, 5) is 34.0. The van der Waals surface area contributed by atoms with Crippen molar-refractivity contribution >= 4 is 35.1 Å². The normalized spacial score (nSPS) is 14.8. The number of fused-ring (bicyclic) bond motifs is 1. The molecule has 0 saturated heterocycles. The van der Waals surface area contributed by atoms with Gasteiger partial charge in [0.1, 0.15) is 5.69 Å². The number of hydrogen-bond acceptors (Lipinski definition) is 7. The zero-order valence-corrected chi connectivity index (χ0v) is 27.8. The fraction of sp³-hybridized carbons (Fsp3) is 0.222. The van der Waals surface area contributed by atoms with E-state index in [0.717, 1.165) is 44.1 Å². The van der Waals surface area contributed by atoms with Gasteiger partial charge < -0.3 is 4.74 Å². The zero-order valence-electron chi connectivity index (χ0n) is 26.1. The molecular weight excluding hydrogens is 601 g/mol. The van der Waals surface area contributed by atoms with Crippen LogP contribution in [0.4, 0.5) is 0 Å². The second kappa shape index (κ2) is 12.5. The Morgan fingerprint density at radius 2 is 1.71 bits per heavy atom. The first-order valence-electron chi connectivity index (χ1n) is 14.8. The first-order valence-corrected chi connectivity index (χ1v) is 16.8. The second-order valence-electron chi connectivity index (χ2n) is 11.1. The van der Waals surface area contributed by atoms with Crippen LogP contribution in [0.15, 0.2) is 98.9 Å². The maximum Gasteiger partial charge on any atom is 0.338 e. The molecule has 228 valence electrons. The van der Waals surface area contributed by atoms with Crippen LogP contribution < -0.4 is 14.9 Å². The largest absolute Gasteiger partial charge is 0.463 e. The number of aryl methyl sites for hydroxylation is 3. The Labute approximate surface area is 270 Å². The average molecular weight is 635 g/mol. The zero-order chi connectivity index (χ0) is 31.8. The third-order valence-corrected chi connectivity index (χ3v) is 9.64. The molecule has 6 rings (SSSR count). The van der Waals surface area contributed by atoms with E-state index in [1.807, 2.05) is 77.8 Å². The van der Waals surface area contributed by atoms with E-state index in [0.29, 0.717) is 20.6 Å². The van der Waals surface area contributed by atoms with Gasteiger partial charge in [0.05, 0.1) is 34.1 Å². The van der Waals surface area contributed by atoms with Crippen LogP contribution in [0.2, 0.25) is 0 Å². The van der Waals surface area contributed by atoms with Gasteiger partial charge in [0.2, 0.25) is 0 Å². The SMILES string of the molecule is CCOC(=O)C1=C(C)N=c2sc(=Cc3cn(-c4ccccc4)nc3-c3c(C)cc(C)cc3C)c(=O)n2C1c1ccc(SC)cc1. The molecule has 0 fully saturated rings. The molecule has 9 heteroatoms. The van der Waals surface area contributed by atoms with Crippen LogP contribution in [0.25, 0.3) is 23.0 Å². The molecule has 3 heterocycles. The predicted octanol–water partition coefficient (Wildman–Crippen LogP) is 6.30. The molecule has 0 saturated carbocycles. The van der Waals surface area contributed by atoms with Crippen molar-refractivity contribution in [3.05, 3.63) is 132 Å². The molecule has 1 atom stereocenters. The summed E-state index contributed by atoms with van der Waals surface area (Å²) in [6.45, 7) is 10.1. The van der Waals surface area contributed by atoms with E-state index in [-0.39, 0.29) is 12.2 Å². The molecule has 1 aliphatic heterocycles. The lowest BCUT2D eigenvalue weighted by Crippen LogP contribution is -2.39. The lowest BCUT2D eigenvalue weighted by Gasteiger charge is -2.24. The number of carbonyl (C=O) groups excluding carboxylic acids is 1. The topological polar surface area (TPSA) is 78.5 Å². The number of thioether (sulfide) groups is 1. The van der Waals surface area contributed by atoms with E-state index in [2.05, 4.69) is 32.9 Å². The van der Waals surface area contributed by atoms with E-state index in [1.165, 1.54) is 16.9 Å². The van der Waals surface area contributed by atoms with Gasteiger partial charge in [0, 0.05) is 22.2 Å². The number of allylic oxidation sites excluding steroid dienone is 1. The van der Waals surface area contributed by atoms with Gasteiger partial charge in [0.15, 0.2) is 4.80 Å². The molecule has 5 aromatic rings. The van der Waals surface area contributed by atoms with Gasteiger partial charge in [0.25, 0.3) is 5.56 Å². The van der Waals surface area contributed by atoms with Crippen molar-refractivity contribution in [3.8, 4) is 16.9 Å². The number of ether oxygens (including phenoxy) is 1. The number of para-hydroxylation sites is 1. The minimum Gasteiger partial charge on any atom is -0.463 e. The van der Waals surface area contributed by atoms with Gasteiger partial charge in [-0.15, -0.1) is 11.8 Å². The molecule has 3 aromatic carbocycles. The van der Waals surface area contributed by atoms with Crippen molar-refractivity contribution in [1.82, 2.24) is 14.3 Å². The van der Waals surface area contributed by atoms with Crippen molar-refractivity contribution in [1.29, 1.82) is 0 Å². The molecular formula is C36H34N4O3S2. The van der Waals surface area contributed by atoms with Gasteiger partial charge in [-0.25, -0.2) is 14.5 Å². The van der Waals surface area contributed by atoms with Crippen molar-refractivity contribution in [3.63, 3.8) is 0 Å². The number of nitrogens with zero attached hydrogens (tertiary/aromatic N) is 4. The Bertz CT molecular complexity index is 2120. The smallest absolute Gasteiger partial charge is 0.338 e. The third kappa shape index (κ3) is 5.74. The fourth-order valence-corrected chi connectivity index (χ4v) is 7.43. The number of rotatable bonds is 7. The van der Waals surface area contributed by atoms with Crippen LogP contribution in [-0.4, -0.2) is 33.2 Å². The Hall–Kier alpha value is -4.47. The monoisotopic (exact) mass is 634 g/mol. The second-order valence-corrected chi connectivity index (χ2v) is 13.0. The lowest BCUT2D eigenvalue weighted by molar-refractivity contribution is -0.139. The number of carbonyl (C=O) groups is 1. The van der Waals surface area contributed by atoms with E-state index in [1.54, 1.807) is 30.2 Å². The molecule has 0 N–H and O–H groups in total. The molecule has 1 unspecified atom stereocenters. The van der Waals surface area contributed by atoms with E-state index in [4.69, 9.17) is 14.8 Å². The fourth-order valence-electron chi connectivity index (χ4n) is 5.99. The van der Waals surface area contributed by atoms with Crippen LogP contribution in [-0.2, 0) is 9.53 Å². The van der Waals surface area contributed by atoms with E-state index < -0.39 is 12.0 Å². The van der Waals surface area contributed by atoms with Crippen LogP contribution in [0, 0.1) is 20.8 Å². The van der Waals surface area contributed by atoms with Crippen LogP contribution in [0.5, 0.6) is 0 Å². The predicted molar refractivity (Wildman–Crippen MR) is 182 cm³/mol. The summed E-state index contributed by atoms with van der Waals surface area (Å²) < 4.78 is 9.45. The third-order valence-electron chi connectivity index (χ3n) is 7.91. The minimum atomic E-state index is -0.661. The minimum absolute atomic E-state index is 0.220. The van der Waals surface area contributed by atoms with Gasteiger partial charge in [-0.05, 0) is 87.9 Å².